The Morgan fingerprint density at radius 1 is 0.620 bits per heavy atom. The molecule has 11 amide bonds. The van der Waals surface area contributed by atoms with Gasteiger partial charge in [-0.3, -0.25) is 52.7 Å². The van der Waals surface area contributed by atoms with Crippen molar-refractivity contribution in [3.63, 3.8) is 0 Å². The van der Waals surface area contributed by atoms with E-state index in [0.29, 0.717) is 18.4 Å². The minimum Gasteiger partial charge on any atom is -0.480 e. The summed E-state index contributed by atoms with van der Waals surface area (Å²) in [6, 6.07) is -2.53. The third kappa shape index (κ3) is 20.2. The normalized spacial score (nSPS) is 16.6. The van der Waals surface area contributed by atoms with Crippen molar-refractivity contribution in [2.75, 3.05) is 48.3 Å². The SMILES string of the molecule is CN[C@@H](C)C(=O)N[C@@H](CC(C)C)C(=O)N(C)CC(=O)N[C@@H](C)C(=O)N[C@@H](CC(C)C)C(=O)N(C)[C@@H](Cc1ccccc1)C(=O)N[C@@H](C)C(=O)N1CCC[C@H]1C(=O)N[C@@H](C)C(=O)N(C)[C@H](C(=O)N(C)[C@@H](CC(N)=O)C(=O)O)C(C)C. The molecule has 0 aromatic heterocycles. The molecule has 1 saturated heterocycles. The zero-order valence-corrected chi connectivity index (χ0v) is 48.7. The van der Waals surface area contributed by atoms with Gasteiger partial charge >= 0.3 is 5.97 Å². The summed E-state index contributed by atoms with van der Waals surface area (Å²) in [6.45, 7) is 16.3. The first kappa shape index (κ1) is 67.9. The topological polar surface area (TPSA) is 339 Å². The van der Waals surface area contributed by atoms with Crippen molar-refractivity contribution in [2.24, 2.45) is 23.5 Å². The van der Waals surface area contributed by atoms with Gasteiger partial charge in [0, 0.05) is 41.2 Å². The van der Waals surface area contributed by atoms with Crippen molar-refractivity contribution >= 4 is 70.9 Å². The van der Waals surface area contributed by atoms with Crippen LogP contribution in [0.2, 0.25) is 0 Å². The van der Waals surface area contributed by atoms with Crippen molar-refractivity contribution in [1.29, 1.82) is 0 Å². The van der Waals surface area contributed by atoms with Crippen LogP contribution in [-0.4, -0.2) is 209 Å². The van der Waals surface area contributed by atoms with Crippen LogP contribution in [-0.2, 0) is 64.0 Å². The number of rotatable bonds is 30. The number of hydrogen-bond acceptors (Lipinski definition) is 13. The van der Waals surface area contributed by atoms with E-state index in [2.05, 4.69) is 31.9 Å². The maximum absolute atomic E-state index is 14.5. The van der Waals surface area contributed by atoms with Gasteiger partial charge in [-0.15, -0.1) is 0 Å². The molecule has 0 bridgehead atoms. The molecule has 1 heterocycles. The summed E-state index contributed by atoms with van der Waals surface area (Å²) in [5.74, 6) is -9.45. The van der Waals surface area contributed by atoms with E-state index in [1.165, 1.54) is 58.8 Å². The average Bonchev–Trinajstić information content (AvgIpc) is 3.89. The van der Waals surface area contributed by atoms with Gasteiger partial charge in [-0.05, 0) is 83.7 Å². The quantitative estimate of drug-likeness (QED) is 0.0457. The number of nitrogens with zero attached hydrogens (tertiary/aromatic N) is 5. The summed E-state index contributed by atoms with van der Waals surface area (Å²) in [7, 11) is 6.95. The first-order valence-electron chi connectivity index (χ1n) is 26.8. The van der Waals surface area contributed by atoms with Crippen LogP contribution in [0.1, 0.15) is 107 Å². The van der Waals surface area contributed by atoms with Crippen molar-refractivity contribution in [2.45, 2.75) is 168 Å². The number of likely N-dealkylation sites (N-methyl/N-ethyl adjacent to an activating group) is 5. The number of carboxylic acids is 1. The van der Waals surface area contributed by atoms with Crippen LogP contribution in [0.25, 0.3) is 0 Å². The molecule has 10 atom stereocenters. The third-order valence-electron chi connectivity index (χ3n) is 13.8. The van der Waals surface area contributed by atoms with Crippen LogP contribution in [0.5, 0.6) is 0 Å². The molecule has 2 rings (SSSR count). The Bertz CT molecular complexity index is 2330. The minimum atomic E-state index is -1.59. The lowest BCUT2D eigenvalue weighted by molar-refractivity contribution is -0.155. The van der Waals surface area contributed by atoms with Crippen LogP contribution < -0.4 is 37.6 Å². The number of carbonyl (C=O) groups is 12. The van der Waals surface area contributed by atoms with Crippen molar-refractivity contribution in [1.82, 2.24) is 56.4 Å². The van der Waals surface area contributed by atoms with E-state index in [4.69, 9.17) is 5.73 Å². The maximum atomic E-state index is 14.5. The molecule has 25 nitrogen and oxygen atoms in total. The molecule has 0 radical (unpaired) electrons. The predicted molar refractivity (Wildman–Crippen MR) is 293 cm³/mol. The number of carboxylic acid groups (broad SMARTS) is 1. The summed E-state index contributed by atoms with van der Waals surface area (Å²) in [6.07, 6.45) is 0.417. The smallest absolute Gasteiger partial charge is 0.326 e. The number of primary amides is 1. The van der Waals surface area contributed by atoms with Crippen molar-refractivity contribution in [3.8, 4) is 0 Å². The number of benzene rings is 1. The predicted octanol–water partition coefficient (Wildman–Crippen LogP) is -1.04. The van der Waals surface area contributed by atoms with E-state index in [1.54, 1.807) is 58.2 Å². The molecular formula is C54H88N12O13. The highest BCUT2D eigenvalue weighted by Crippen LogP contribution is 2.21. The molecule has 0 spiro atoms. The van der Waals surface area contributed by atoms with Gasteiger partial charge in [0.05, 0.1) is 19.0 Å². The molecule has 442 valence electrons. The first-order chi connectivity index (χ1) is 36.7. The number of carbonyl (C=O) groups excluding carboxylic acids is 11. The van der Waals surface area contributed by atoms with E-state index in [0.717, 1.165) is 14.7 Å². The molecule has 1 aromatic carbocycles. The van der Waals surface area contributed by atoms with Gasteiger partial charge in [0.2, 0.25) is 65.0 Å². The lowest BCUT2D eigenvalue weighted by Crippen LogP contribution is -2.60. The van der Waals surface area contributed by atoms with E-state index >= 15 is 0 Å². The number of nitrogens with one attached hydrogen (secondary N) is 6. The zero-order valence-electron chi connectivity index (χ0n) is 48.7. The van der Waals surface area contributed by atoms with Gasteiger partial charge in [0.1, 0.15) is 54.4 Å². The van der Waals surface area contributed by atoms with Crippen LogP contribution in [0.3, 0.4) is 0 Å². The zero-order chi connectivity index (χ0) is 60.3. The van der Waals surface area contributed by atoms with E-state index in [-0.39, 0.29) is 43.6 Å². The Labute approximate surface area is 464 Å². The highest BCUT2D eigenvalue weighted by atomic mass is 16.4. The summed E-state index contributed by atoms with van der Waals surface area (Å²) < 4.78 is 0. The van der Waals surface area contributed by atoms with Crippen molar-refractivity contribution < 1.29 is 62.6 Å². The Balaban J connectivity index is 2.27. The van der Waals surface area contributed by atoms with Gasteiger partial charge in [0.25, 0.3) is 0 Å². The average molecular weight is 1110 g/mol. The van der Waals surface area contributed by atoms with Crippen LogP contribution in [0.15, 0.2) is 30.3 Å². The lowest BCUT2D eigenvalue weighted by atomic mass is 9.99. The molecule has 1 fully saturated rings. The van der Waals surface area contributed by atoms with E-state index in [1.807, 2.05) is 27.7 Å². The van der Waals surface area contributed by atoms with Crippen LogP contribution in [0.4, 0.5) is 0 Å². The number of hydrogen-bond donors (Lipinski definition) is 8. The second-order valence-electron chi connectivity index (χ2n) is 21.8. The van der Waals surface area contributed by atoms with Gasteiger partial charge in [-0.25, -0.2) is 4.79 Å². The van der Waals surface area contributed by atoms with Crippen molar-refractivity contribution in [3.05, 3.63) is 35.9 Å². The highest BCUT2D eigenvalue weighted by molar-refractivity contribution is 5.99. The van der Waals surface area contributed by atoms with E-state index < -0.39 is 144 Å². The molecule has 79 heavy (non-hydrogen) atoms. The van der Waals surface area contributed by atoms with Gasteiger partial charge in [0.15, 0.2) is 0 Å². The van der Waals surface area contributed by atoms with Gasteiger partial charge < -0.3 is 67.2 Å². The van der Waals surface area contributed by atoms with Gasteiger partial charge in [-0.2, -0.15) is 0 Å². The summed E-state index contributed by atoms with van der Waals surface area (Å²) in [5.41, 5.74) is 5.90. The molecule has 25 heteroatoms. The Hall–Kier alpha value is -7.18. The molecule has 0 aliphatic carbocycles. The molecule has 0 unspecified atom stereocenters. The Kier molecular flexibility index (Phi) is 27.0. The number of aliphatic carboxylic acids is 1. The standard InChI is InChI=1S/C54H88N12O13/c1-29(2)24-37(60-45(69)32(7)56-11)51(75)62(12)28-43(68)57-33(8)46(70)61-38(25-30(3)4)52(76)63(13)40(26-36-20-17-16-18-21-36)48(72)59-35(10)50(74)66-23-19-22-39(66)47(71)58-34(9)49(73)65(15)44(31(5)6)53(77)64(14)41(54(78)79)27-42(55)67/h16-18,20-21,29-35,37-41,44,56H,19,22-28H2,1-15H3,(H2,55,67)(H,57,68)(H,58,71)(H,59,72)(H,60,69)(H,61,70)(H,78,79)/t32-,33-,34-,35-,37-,38-,39-,40-,41-,44-/m0/s1. The second-order valence-corrected chi connectivity index (χ2v) is 21.8. The Morgan fingerprint density at radius 3 is 1.66 bits per heavy atom. The number of amides is 11. The highest BCUT2D eigenvalue weighted by Gasteiger charge is 2.42. The fourth-order valence-electron chi connectivity index (χ4n) is 9.24. The molecule has 0 saturated carbocycles. The maximum Gasteiger partial charge on any atom is 0.326 e. The van der Waals surface area contributed by atoms with Crippen LogP contribution in [0, 0.1) is 17.8 Å². The minimum absolute atomic E-state index is 0.00470. The summed E-state index contributed by atoms with van der Waals surface area (Å²) in [4.78, 5) is 166. The lowest BCUT2D eigenvalue weighted by Gasteiger charge is -2.36. The van der Waals surface area contributed by atoms with Gasteiger partial charge in [-0.1, -0.05) is 71.9 Å². The fourth-order valence-corrected chi connectivity index (χ4v) is 9.24. The molecule has 1 aliphatic heterocycles. The molecular weight excluding hydrogens is 1020 g/mol. The summed E-state index contributed by atoms with van der Waals surface area (Å²) >= 11 is 0. The Morgan fingerprint density at radius 2 is 1.15 bits per heavy atom. The monoisotopic (exact) mass is 1110 g/mol. The third-order valence-corrected chi connectivity index (χ3v) is 13.8. The number of likely N-dealkylation sites (tertiary alicyclic amines) is 1. The largest absolute Gasteiger partial charge is 0.480 e. The molecule has 1 aliphatic rings. The first-order valence-corrected chi connectivity index (χ1v) is 26.8. The number of nitrogens with two attached hydrogens (primary N) is 1. The fraction of sp³-hybridized carbons (Fsp3) is 0.667. The second kappa shape index (κ2) is 31.4. The summed E-state index contributed by atoms with van der Waals surface area (Å²) in [5, 5.41) is 25.9. The van der Waals surface area contributed by atoms with Crippen LogP contribution >= 0.6 is 0 Å². The van der Waals surface area contributed by atoms with E-state index in [9.17, 15) is 62.6 Å². The molecule has 1 aromatic rings. The molecule has 9 N–H and O–H groups in total.